The van der Waals surface area contributed by atoms with E-state index in [0.29, 0.717) is 12.4 Å². The van der Waals surface area contributed by atoms with E-state index >= 15 is 0 Å². The van der Waals surface area contributed by atoms with Gasteiger partial charge >= 0.3 is 0 Å². The van der Waals surface area contributed by atoms with Gasteiger partial charge in [-0.2, -0.15) is 0 Å². The number of benzene rings is 1. The van der Waals surface area contributed by atoms with Gasteiger partial charge in [-0.15, -0.1) is 10.2 Å². The molecule has 1 aromatic heterocycles. The first-order valence-corrected chi connectivity index (χ1v) is 11.3. The minimum Gasteiger partial charge on any atom is -0.324 e. The van der Waals surface area contributed by atoms with Crippen molar-refractivity contribution < 1.29 is 8.42 Å². The summed E-state index contributed by atoms with van der Waals surface area (Å²) in [5, 5.41) is 11.3. The van der Waals surface area contributed by atoms with Crippen molar-refractivity contribution in [2.45, 2.75) is 50.1 Å². The second-order valence-electron chi connectivity index (χ2n) is 7.81. The zero-order valence-electron chi connectivity index (χ0n) is 16.0. The summed E-state index contributed by atoms with van der Waals surface area (Å²) < 4.78 is 24.9. The van der Waals surface area contributed by atoms with E-state index in [1.54, 1.807) is 0 Å². The number of nitrogens with one attached hydrogen (secondary N) is 2. The van der Waals surface area contributed by atoms with Crippen molar-refractivity contribution in [3.63, 3.8) is 0 Å². The Morgan fingerprint density at radius 1 is 1.07 bits per heavy atom. The van der Waals surface area contributed by atoms with Crippen LogP contribution in [0.5, 0.6) is 0 Å². The molecule has 0 saturated carbocycles. The smallest absolute Gasteiger partial charge is 0.248 e. The molecule has 146 valence electrons. The SMILES string of the molecule is CN(C)CCCS(=O)(=O)c1nnc(Nc2c3c(cc4c2CCC4)CCC3)[nH]1. The highest BCUT2D eigenvalue weighted by Gasteiger charge is 2.25. The van der Waals surface area contributed by atoms with E-state index in [4.69, 9.17) is 0 Å². The summed E-state index contributed by atoms with van der Waals surface area (Å²) in [5.41, 5.74) is 6.71. The Hall–Kier alpha value is -1.93. The fourth-order valence-corrected chi connectivity index (χ4v) is 5.32. The summed E-state index contributed by atoms with van der Waals surface area (Å²) in [5.74, 6) is 0.478. The van der Waals surface area contributed by atoms with E-state index in [9.17, 15) is 8.42 Å². The Balaban J connectivity index is 1.56. The van der Waals surface area contributed by atoms with Crippen LogP contribution < -0.4 is 5.32 Å². The van der Waals surface area contributed by atoms with Gasteiger partial charge in [0.1, 0.15) is 0 Å². The number of anilines is 2. The second-order valence-corrected chi connectivity index (χ2v) is 9.84. The van der Waals surface area contributed by atoms with Crippen LogP contribution in [0.25, 0.3) is 0 Å². The number of fused-ring (bicyclic) bond motifs is 2. The molecule has 0 aliphatic heterocycles. The van der Waals surface area contributed by atoms with Crippen molar-refractivity contribution in [3.05, 3.63) is 28.3 Å². The number of sulfone groups is 1. The summed E-state index contributed by atoms with van der Waals surface area (Å²) in [6.45, 7) is 0.723. The Morgan fingerprint density at radius 3 is 2.37 bits per heavy atom. The lowest BCUT2D eigenvalue weighted by Gasteiger charge is -2.15. The van der Waals surface area contributed by atoms with Gasteiger partial charge in [0.2, 0.25) is 20.9 Å². The van der Waals surface area contributed by atoms with Crippen LogP contribution in [0, 0.1) is 0 Å². The van der Waals surface area contributed by atoms with Gasteiger partial charge in [0.15, 0.2) is 0 Å². The van der Waals surface area contributed by atoms with Crippen LogP contribution in [0.4, 0.5) is 11.6 Å². The maximum Gasteiger partial charge on any atom is 0.248 e. The minimum absolute atomic E-state index is 0.0482. The molecular weight excluding hydrogens is 362 g/mol. The maximum absolute atomic E-state index is 12.5. The molecule has 2 aliphatic rings. The third-order valence-corrected chi connectivity index (χ3v) is 7.09. The van der Waals surface area contributed by atoms with E-state index in [1.165, 1.54) is 35.1 Å². The van der Waals surface area contributed by atoms with Gasteiger partial charge in [-0.1, -0.05) is 6.07 Å². The Bertz CT molecular complexity index is 917. The van der Waals surface area contributed by atoms with Crippen LogP contribution in [-0.4, -0.2) is 54.9 Å². The molecule has 0 fully saturated rings. The van der Waals surface area contributed by atoms with Gasteiger partial charge in [0, 0.05) is 5.69 Å². The van der Waals surface area contributed by atoms with E-state index in [1.807, 2.05) is 19.0 Å². The van der Waals surface area contributed by atoms with Crippen LogP contribution >= 0.6 is 0 Å². The minimum atomic E-state index is -3.45. The topological polar surface area (TPSA) is 91.0 Å². The van der Waals surface area contributed by atoms with E-state index in [0.717, 1.165) is 37.9 Å². The average Bonchev–Trinajstić information content (AvgIpc) is 3.34. The van der Waals surface area contributed by atoms with E-state index in [-0.39, 0.29) is 10.9 Å². The van der Waals surface area contributed by atoms with Crippen molar-refractivity contribution in [1.29, 1.82) is 0 Å². The highest BCUT2D eigenvalue weighted by atomic mass is 32.2. The molecule has 27 heavy (non-hydrogen) atoms. The highest BCUT2D eigenvalue weighted by Crippen LogP contribution is 2.39. The predicted octanol–water partition coefficient (Wildman–Crippen LogP) is 2.25. The zero-order valence-corrected chi connectivity index (χ0v) is 16.8. The van der Waals surface area contributed by atoms with Gasteiger partial charge < -0.3 is 10.2 Å². The number of aromatic nitrogens is 3. The standard InChI is InChI=1S/C19H27N5O2S/c1-24(2)10-5-11-27(25,26)19-21-18(22-23-19)20-17-15-8-3-6-13(15)12-14-7-4-9-16(14)17/h12H,3-11H2,1-2H3,(H2,20,21,22,23). The van der Waals surface area contributed by atoms with Crippen LogP contribution in [0.2, 0.25) is 0 Å². The lowest BCUT2D eigenvalue weighted by molar-refractivity contribution is 0.408. The van der Waals surface area contributed by atoms with Crippen LogP contribution in [0.1, 0.15) is 41.5 Å². The first-order chi connectivity index (χ1) is 12.9. The van der Waals surface area contributed by atoms with Crippen molar-refractivity contribution in [2.75, 3.05) is 31.7 Å². The van der Waals surface area contributed by atoms with Crippen LogP contribution in [0.3, 0.4) is 0 Å². The zero-order chi connectivity index (χ0) is 19.0. The van der Waals surface area contributed by atoms with Crippen molar-refractivity contribution in [2.24, 2.45) is 0 Å². The number of hydrogen-bond acceptors (Lipinski definition) is 6. The summed E-state index contributed by atoms with van der Waals surface area (Å²) in [4.78, 5) is 4.86. The molecule has 0 saturated heterocycles. The lowest BCUT2D eigenvalue weighted by atomic mass is 9.99. The molecule has 2 aliphatic carbocycles. The Kier molecular flexibility index (Phi) is 4.94. The molecule has 1 heterocycles. The second kappa shape index (κ2) is 7.24. The normalized spacial score (nSPS) is 16.0. The largest absolute Gasteiger partial charge is 0.324 e. The third-order valence-electron chi connectivity index (χ3n) is 5.50. The summed E-state index contributed by atoms with van der Waals surface area (Å²) in [6, 6.07) is 2.37. The number of aryl methyl sites for hydroxylation is 2. The highest BCUT2D eigenvalue weighted by molar-refractivity contribution is 7.91. The molecule has 0 unspecified atom stereocenters. The average molecular weight is 390 g/mol. The van der Waals surface area contributed by atoms with Crippen molar-refractivity contribution >= 4 is 21.5 Å². The first kappa shape index (κ1) is 18.4. The van der Waals surface area contributed by atoms with Gasteiger partial charge in [-0.25, -0.2) is 8.42 Å². The van der Waals surface area contributed by atoms with Crippen LogP contribution in [0.15, 0.2) is 11.2 Å². The molecule has 0 amide bonds. The number of nitrogens with zero attached hydrogens (tertiary/aromatic N) is 3. The summed E-state index contributed by atoms with van der Waals surface area (Å²) >= 11 is 0. The quantitative estimate of drug-likeness (QED) is 0.755. The molecule has 1 aromatic carbocycles. The van der Waals surface area contributed by atoms with Gasteiger partial charge in [0.05, 0.1) is 5.75 Å². The van der Waals surface area contributed by atoms with Gasteiger partial charge in [-0.3, -0.25) is 4.98 Å². The molecule has 0 radical (unpaired) electrons. The van der Waals surface area contributed by atoms with Crippen molar-refractivity contribution in [1.82, 2.24) is 20.1 Å². The van der Waals surface area contributed by atoms with Gasteiger partial charge in [0.25, 0.3) is 0 Å². The third kappa shape index (κ3) is 3.73. The number of hydrogen-bond donors (Lipinski definition) is 2. The molecule has 0 spiro atoms. The molecule has 0 atom stereocenters. The number of H-pyrrole nitrogens is 1. The predicted molar refractivity (Wildman–Crippen MR) is 105 cm³/mol. The number of rotatable bonds is 7. The maximum atomic E-state index is 12.5. The molecule has 7 nitrogen and oxygen atoms in total. The van der Waals surface area contributed by atoms with Crippen LogP contribution in [-0.2, 0) is 35.5 Å². The first-order valence-electron chi connectivity index (χ1n) is 9.68. The molecule has 4 rings (SSSR count). The molecule has 2 aromatic rings. The summed E-state index contributed by atoms with van der Waals surface area (Å²) in [7, 11) is 0.415. The number of aromatic amines is 1. The Morgan fingerprint density at radius 2 is 1.74 bits per heavy atom. The van der Waals surface area contributed by atoms with E-state index < -0.39 is 9.84 Å². The fraction of sp³-hybridized carbons (Fsp3) is 0.579. The monoisotopic (exact) mass is 389 g/mol. The fourth-order valence-electron chi connectivity index (χ4n) is 4.20. The van der Waals surface area contributed by atoms with E-state index in [2.05, 4.69) is 26.6 Å². The molecule has 2 N–H and O–H groups in total. The van der Waals surface area contributed by atoms with Crippen molar-refractivity contribution in [3.8, 4) is 0 Å². The summed E-state index contributed by atoms with van der Waals surface area (Å²) in [6.07, 6.45) is 7.30. The molecule has 8 heteroatoms. The lowest BCUT2D eigenvalue weighted by Crippen LogP contribution is -2.18. The Labute approximate surface area is 160 Å². The molecule has 0 bridgehead atoms. The molecular formula is C19H27N5O2S. The van der Waals surface area contributed by atoms with Gasteiger partial charge in [-0.05, 0) is 87.8 Å².